The van der Waals surface area contributed by atoms with E-state index in [9.17, 15) is 13.6 Å². The molecule has 1 N–H and O–H groups in total. The lowest BCUT2D eigenvalue weighted by Crippen LogP contribution is -2.32. The van der Waals surface area contributed by atoms with Crippen molar-refractivity contribution in [2.75, 3.05) is 13.2 Å². The predicted octanol–water partition coefficient (Wildman–Crippen LogP) is 4.45. The summed E-state index contributed by atoms with van der Waals surface area (Å²) < 4.78 is 35.9. The van der Waals surface area contributed by atoms with E-state index in [4.69, 9.17) is 4.74 Å². The molecule has 1 fully saturated rings. The predicted molar refractivity (Wildman–Crippen MR) is 109 cm³/mol. The van der Waals surface area contributed by atoms with Crippen molar-refractivity contribution in [2.24, 2.45) is 0 Å². The average molecular weight is 480 g/mol. The lowest BCUT2D eigenvalue weighted by molar-refractivity contribution is 0.0852. The first kappa shape index (κ1) is 18.9. The SMILES string of the molecule is O=C(NCC1CCCO1)c1nn(-c2ccc(F)cc2F)c2c1Cc1cc(Br)sc1-2. The second-order valence-corrected chi connectivity index (χ2v) is 9.54. The molecule has 5 rings (SSSR count). The van der Waals surface area contributed by atoms with Crippen molar-refractivity contribution < 1.29 is 18.3 Å². The highest BCUT2D eigenvalue weighted by molar-refractivity contribution is 9.11. The summed E-state index contributed by atoms with van der Waals surface area (Å²) in [5.74, 6) is -1.71. The van der Waals surface area contributed by atoms with Gasteiger partial charge in [-0.1, -0.05) is 0 Å². The number of nitrogens with zero attached hydrogens (tertiary/aromatic N) is 2. The van der Waals surface area contributed by atoms with Crippen LogP contribution in [0.2, 0.25) is 0 Å². The molecule has 29 heavy (non-hydrogen) atoms. The molecule has 1 aliphatic carbocycles. The Morgan fingerprint density at radius 1 is 1.38 bits per heavy atom. The van der Waals surface area contributed by atoms with E-state index >= 15 is 0 Å². The number of nitrogens with one attached hydrogen (secondary N) is 1. The summed E-state index contributed by atoms with van der Waals surface area (Å²) in [6.45, 7) is 1.13. The van der Waals surface area contributed by atoms with Crippen molar-refractivity contribution in [2.45, 2.75) is 25.4 Å². The first-order chi connectivity index (χ1) is 14.0. The number of thiophene rings is 1. The van der Waals surface area contributed by atoms with Gasteiger partial charge in [-0.2, -0.15) is 5.10 Å². The van der Waals surface area contributed by atoms with Gasteiger partial charge in [-0.15, -0.1) is 11.3 Å². The number of rotatable bonds is 4. The molecule has 1 saturated heterocycles. The fraction of sp³-hybridized carbons (Fsp3) is 0.300. The van der Waals surface area contributed by atoms with E-state index in [1.54, 1.807) is 0 Å². The summed E-state index contributed by atoms with van der Waals surface area (Å²) in [5.41, 5.74) is 2.87. The standard InChI is InChI=1S/C20H16BrF2N3O2S/c21-16-7-10-6-13-17(20(27)24-9-12-2-1-5-28-12)25-26(18(13)19(10)29-16)15-4-3-11(22)8-14(15)23/h3-4,7-8,12H,1-2,5-6,9H2,(H,24,27). The summed E-state index contributed by atoms with van der Waals surface area (Å²) in [5, 5.41) is 7.33. The molecule has 3 heterocycles. The van der Waals surface area contributed by atoms with E-state index in [2.05, 4.69) is 26.3 Å². The molecule has 2 aromatic heterocycles. The van der Waals surface area contributed by atoms with Crippen LogP contribution >= 0.6 is 27.3 Å². The molecule has 0 spiro atoms. The fourth-order valence-electron chi connectivity index (χ4n) is 3.87. The number of ether oxygens (including phenoxy) is 1. The third-order valence-electron chi connectivity index (χ3n) is 5.21. The van der Waals surface area contributed by atoms with Crippen LogP contribution in [0.5, 0.6) is 0 Å². The number of halogens is 3. The molecule has 1 aliphatic heterocycles. The van der Waals surface area contributed by atoms with Crippen LogP contribution in [0.3, 0.4) is 0 Å². The van der Waals surface area contributed by atoms with Gasteiger partial charge in [-0.25, -0.2) is 13.5 Å². The maximum absolute atomic E-state index is 14.5. The topological polar surface area (TPSA) is 56.1 Å². The fourth-order valence-corrected chi connectivity index (χ4v) is 5.60. The number of benzene rings is 1. The highest BCUT2D eigenvalue weighted by Gasteiger charge is 2.33. The van der Waals surface area contributed by atoms with Crippen LogP contribution in [-0.4, -0.2) is 34.9 Å². The van der Waals surface area contributed by atoms with Crippen LogP contribution in [-0.2, 0) is 11.2 Å². The van der Waals surface area contributed by atoms with Gasteiger partial charge in [-0.05, 0) is 52.5 Å². The lowest BCUT2D eigenvalue weighted by atomic mass is 10.1. The van der Waals surface area contributed by atoms with Gasteiger partial charge in [0, 0.05) is 31.2 Å². The Balaban J connectivity index is 1.56. The van der Waals surface area contributed by atoms with Gasteiger partial charge in [0.25, 0.3) is 5.91 Å². The minimum absolute atomic E-state index is 0.0150. The lowest BCUT2D eigenvalue weighted by Gasteiger charge is -2.10. The minimum Gasteiger partial charge on any atom is -0.376 e. The maximum Gasteiger partial charge on any atom is 0.272 e. The molecule has 0 saturated carbocycles. The monoisotopic (exact) mass is 479 g/mol. The smallest absolute Gasteiger partial charge is 0.272 e. The Hall–Kier alpha value is -2.10. The second kappa shape index (κ2) is 7.30. The average Bonchev–Trinajstić information content (AvgIpc) is 3.42. The van der Waals surface area contributed by atoms with Gasteiger partial charge in [0.15, 0.2) is 11.5 Å². The highest BCUT2D eigenvalue weighted by atomic mass is 79.9. The molecular formula is C20H16BrF2N3O2S. The Morgan fingerprint density at radius 3 is 3.00 bits per heavy atom. The van der Waals surface area contributed by atoms with Crippen LogP contribution in [0.1, 0.15) is 34.5 Å². The van der Waals surface area contributed by atoms with Gasteiger partial charge in [0.1, 0.15) is 11.5 Å². The third kappa shape index (κ3) is 3.31. The van der Waals surface area contributed by atoms with Crippen LogP contribution in [0.15, 0.2) is 28.1 Å². The molecule has 3 aromatic rings. The first-order valence-electron chi connectivity index (χ1n) is 9.27. The summed E-state index contributed by atoms with van der Waals surface area (Å²) in [7, 11) is 0. The highest BCUT2D eigenvalue weighted by Crippen LogP contribution is 2.46. The molecule has 0 radical (unpaired) electrons. The zero-order valence-corrected chi connectivity index (χ0v) is 17.6. The Labute approximate surface area is 177 Å². The first-order valence-corrected chi connectivity index (χ1v) is 10.9. The van der Waals surface area contributed by atoms with Gasteiger partial charge < -0.3 is 10.1 Å². The largest absolute Gasteiger partial charge is 0.376 e. The quantitative estimate of drug-likeness (QED) is 0.470. The van der Waals surface area contributed by atoms with Crippen molar-refractivity contribution >= 4 is 33.2 Å². The van der Waals surface area contributed by atoms with Crippen LogP contribution in [0.25, 0.3) is 16.3 Å². The summed E-state index contributed by atoms with van der Waals surface area (Å²) in [6.07, 6.45) is 2.46. The van der Waals surface area contributed by atoms with Crippen LogP contribution in [0, 0.1) is 11.6 Å². The van der Waals surface area contributed by atoms with Gasteiger partial charge in [0.05, 0.1) is 20.5 Å². The van der Waals surface area contributed by atoms with Gasteiger partial charge in [-0.3, -0.25) is 4.79 Å². The van der Waals surface area contributed by atoms with Crippen molar-refractivity contribution in [3.8, 4) is 16.3 Å². The number of amides is 1. The van der Waals surface area contributed by atoms with E-state index in [0.29, 0.717) is 25.3 Å². The van der Waals surface area contributed by atoms with E-state index in [0.717, 1.165) is 38.7 Å². The van der Waals surface area contributed by atoms with Crippen LogP contribution < -0.4 is 5.32 Å². The summed E-state index contributed by atoms with van der Waals surface area (Å²) in [4.78, 5) is 13.8. The summed E-state index contributed by atoms with van der Waals surface area (Å²) >= 11 is 4.99. The molecule has 1 unspecified atom stereocenters. The molecule has 1 aromatic carbocycles. The third-order valence-corrected chi connectivity index (χ3v) is 6.90. The zero-order chi connectivity index (χ0) is 20.1. The number of aromatic nitrogens is 2. The molecule has 0 bridgehead atoms. The van der Waals surface area contributed by atoms with E-state index in [1.165, 1.54) is 28.2 Å². The van der Waals surface area contributed by atoms with Crippen molar-refractivity contribution in [1.29, 1.82) is 0 Å². The zero-order valence-electron chi connectivity index (χ0n) is 15.2. The van der Waals surface area contributed by atoms with E-state index < -0.39 is 11.6 Å². The Kier molecular flexibility index (Phi) is 4.76. The number of fused-ring (bicyclic) bond motifs is 3. The van der Waals surface area contributed by atoms with Gasteiger partial charge in [0.2, 0.25) is 0 Å². The maximum atomic E-state index is 14.5. The Morgan fingerprint density at radius 2 is 2.24 bits per heavy atom. The molecule has 9 heteroatoms. The number of carbonyl (C=O) groups excluding carboxylic acids is 1. The molecule has 1 atom stereocenters. The van der Waals surface area contributed by atoms with Gasteiger partial charge >= 0.3 is 0 Å². The molecule has 150 valence electrons. The number of hydrogen-bond donors (Lipinski definition) is 1. The van der Waals surface area contributed by atoms with Crippen molar-refractivity contribution in [1.82, 2.24) is 15.1 Å². The normalized spacial score (nSPS) is 17.4. The second-order valence-electron chi connectivity index (χ2n) is 7.11. The molecular weight excluding hydrogens is 464 g/mol. The number of carbonyl (C=O) groups is 1. The van der Waals surface area contributed by atoms with Crippen molar-refractivity contribution in [3.63, 3.8) is 0 Å². The Bertz CT molecular complexity index is 1120. The molecule has 5 nitrogen and oxygen atoms in total. The van der Waals surface area contributed by atoms with Crippen LogP contribution in [0.4, 0.5) is 8.78 Å². The molecule has 1 amide bonds. The number of hydrogen-bond acceptors (Lipinski definition) is 4. The van der Waals surface area contributed by atoms with E-state index in [-0.39, 0.29) is 23.4 Å². The minimum atomic E-state index is -0.731. The summed E-state index contributed by atoms with van der Waals surface area (Å²) in [6, 6.07) is 5.34. The van der Waals surface area contributed by atoms with Crippen molar-refractivity contribution in [3.05, 3.63) is 56.5 Å². The molecule has 2 aliphatic rings. The van der Waals surface area contributed by atoms with E-state index in [1.807, 2.05) is 6.07 Å².